The van der Waals surface area contributed by atoms with Crippen LogP contribution in [0.3, 0.4) is 0 Å². The Hall–Kier alpha value is -1.86. The smallest absolute Gasteiger partial charge is 0.255 e. The first-order valence-electron chi connectivity index (χ1n) is 11.4. The molecule has 1 fully saturated rings. The monoisotopic (exact) mass is 446 g/mol. The summed E-state index contributed by atoms with van der Waals surface area (Å²) in [6.07, 6.45) is 6.88. The number of hydrogen-bond acceptors (Lipinski definition) is 4. The van der Waals surface area contributed by atoms with Crippen LogP contribution in [0, 0.1) is 0 Å². The van der Waals surface area contributed by atoms with Crippen LogP contribution in [0.25, 0.3) is 0 Å². The number of imide groups is 1. The normalized spacial score (nSPS) is 20.1. The molecule has 1 saturated heterocycles. The van der Waals surface area contributed by atoms with E-state index in [1.54, 1.807) is 4.90 Å². The summed E-state index contributed by atoms with van der Waals surface area (Å²) >= 11 is 1.83. The average molecular weight is 447 g/mol. The van der Waals surface area contributed by atoms with Gasteiger partial charge in [-0.05, 0) is 43.4 Å². The highest BCUT2D eigenvalue weighted by Gasteiger charge is 2.39. The molecule has 0 spiro atoms. The number of piperidine rings is 1. The maximum Gasteiger partial charge on any atom is 0.255 e. The largest absolute Gasteiger partial charge is 0.331 e. The van der Waals surface area contributed by atoms with E-state index < -0.39 is 6.04 Å². The molecule has 7 heteroatoms. The van der Waals surface area contributed by atoms with Crippen LogP contribution in [0.5, 0.6) is 0 Å². The van der Waals surface area contributed by atoms with Gasteiger partial charge in [-0.3, -0.25) is 19.7 Å². The molecule has 0 aliphatic carbocycles. The molecule has 0 saturated carbocycles. The molecule has 3 rings (SSSR count). The Morgan fingerprint density at radius 2 is 1.87 bits per heavy atom. The molecule has 2 atom stereocenters. The number of fused-ring (bicyclic) bond motifs is 1. The standard InChI is InChI=1S/C24H35N3O3S/c1-17(10-7-5-6-8-15-27(2,3)4)31-21-12-9-11-18-19(21)16-26(24(18)30)20-13-14-22(28)25-23(20)29/h9,11-12,17,20H,5-8,10,13-16H2,1-4H3/p+1. The lowest BCUT2D eigenvalue weighted by molar-refractivity contribution is -0.870. The molecule has 2 aliphatic rings. The Balaban J connectivity index is 1.53. The fourth-order valence-electron chi connectivity index (χ4n) is 4.31. The van der Waals surface area contributed by atoms with E-state index in [1.165, 1.54) is 32.2 Å². The molecule has 2 aliphatic heterocycles. The van der Waals surface area contributed by atoms with Crippen molar-refractivity contribution in [2.75, 3.05) is 27.7 Å². The van der Waals surface area contributed by atoms with Crippen molar-refractivity contribution >= 4 is 29.5 Å². The lowest BCUT2D eigenvalue weighted by Gasteiger charge is -2.29. The Bertz CT molecular complexity index is 834. The van der Waals surface area contributed by atoms with Crippen LogP contribution < -0.4 is 5.32 Å². The number of carbonyl (C=O) groups excluding carboxylic acids is 3. The van der Waals surface area contributed by atoms with Crippen LogP contribution in [0.2, 0.25) is 0 Å². The summed E-state index contributed by atoms with van der Waals surface area (Å²) in [6.45, 7) is 3.92. The minimum atomic E-state index is -0.556. The number of carbonyl (C=O) groups is 3. The van der Waals surface area contributed by atoms with E-state index in [4.69, 9.17) is 0 Å². The highest BCUT2D eigenvalue weighted by molar-refractivity contribution is 8.00. The van der Waals surface area contributed by atoms with Crippen molar-refractivity contribution in [1.29, 1.82) is 0 Å². The topological polar surface area (TPSA) is 66.5 Å². The van der Waals surface area contributed by atoms with Gasteiger partial charge in [-0.25, -0.2) is 0 Å². The molecular formula is C24H36N3O3S+. The van der Waals surface area contributed by atoms with Gasteiger partial charge in [0.25, 0.3) is 5.91 Å². The van der Waals surface area contributed by atoms with Gasteiger partial charge in [0.2, 0.25) is 11.8 Å². The summed E-state index contributed by atoms with van der Waals surface area (Å²) in [5.41, 5.74) is 1.72. The molecule has 1 aromatic carbocycles. The number of benzene rings is 1. The molecule has 2 unspecified atom stereocenters. The van der Waals surface area contributed by atoms with Crippen LogP contribution in [-0.2, 0) is 16.1 Å². The lowest BCUT2D eigenvalue weighted by Crippen LogP contribution is -2.52. The number of rotatable bonds is 10. The van der Waals surface area contributed by atoms with Crippen molar-refractivity contribution in [3.63, 3.8) is 0 Å². The molecule has 6 nitrogen and oxygen atoms in total. The summed E-state index contributed by atoms with van der Waals surface area (Å²) in [4.78, 5) is 39.5. The molecule has 3 amide bonds. The molecule has 1 N–H and O–H groups in total. The quantitative estimate of drug-likeness (QED) is 0.258. The van der Waals surface area contributed by atoms with Crippen molar-refractivity contribution in [1.82, 2.24) is 10.2 Å². The van der Waals surface area contributed by atoms with E-state index in [9.17, 15) is 14.4 Å². The van der Waals surface area contributed by atoms with Crippen LogP contribution in [0.15, 0.2) is 23.1 Å². The number of amides is 3. The first-order valence-corrected chi connectivity index (χ1v) is 12.3. The minimum Gasteiger partial charge on any atom is -0.331 e. The fraction of sp³-hybridized carbons (Fsp3) is 0.625. The molecular weight excluding hydrogens is 410 g/mol. The van der Waals surface area contributed by atoms with Gasteiger partial charge in [0.1, 0.15) is 6.04 Å². The lowest BCUT2D eigenvalue weighted by atomic mass is 10.0. The van der Waals surface area contributed by atoms with Gasteiger partial charge in [0.05, 0.1) is 27.7 Å². The minimum absolute atomic E-state index is 0.100. The number of nitrogens with zero attached hydrogens (tertiary/aromatic N) is 2. The second-order valence-corrected chi connectivity index (χ2v) is 11.3. The zero-order chi connectivity index (χ0) is 22.6. The highest BCUT2D eigenvalue weighted by atomic mass is 32.2. The Kier molecular flexibility index (Phi) is 7.81. The van der Waals surface area contributed by atoms with Crippen molar-refractivity contribution < 1.29 is 18.9 Å². The predicted molar refractivity (Wildman–Crippen MR) is 124 cm³/mol. The van der Waals surface area contributed by atoms with Crippen LogP contribution >= 0.6 is 11.8 Å². The van der Waals surface area contributed by atoms with Gasteiger partial charge >= 0.3 is 0 Å². The second-order valence-electron chi connectivity index (χ2n) is 9.83. The van der Waals surface area contributed by atoms with E-state index in [-0.39, 0.29) is 24.1 Å². The van der Waals surface area contributed by atoms with Crippen molar-refractivity contribution in [2.24, 2.45) is 0 Å². The van der Waals surface area contributed by atoms with Gasteiger partial charge in [0, 0.05) is 28.7 Å². The van der Waals surface area contributed by atoms with Gasteiger partial charge < -0.3 is 9.38 Å². The Morgan fingerprint density at radius 1 is 1.13 bits per heavy atom. The van der Waals surface area contributed by atoms with Crippen molar-refractivity contribution in [2.45, 2.75) is 74.6 Å². The third kappa shape index (κ3) is 6.32. The zero-order valence-corrected chi connectivity index (χ0v) is 20.1. The van der Waals surface area contributed by atoms with E-state index in [2.05, 4.69) is 39.4 Å². The molecule has 0 bridgehead atoms. The number of hydrogen-bond donors (Lipinski definition) is 1. The summed E-state index contributed by atoms with van der Waals surface area (Å²) in [5, 5.41) is 2.84. The molecule has 0 radical (unpaired) electrons. The molecule has 2 heterocycles. The van der Waals surface area contributed by atoms with E-state index >= 15 is 0 Å². The van der Waals surface area contributed by atoms with Crippen molar-refractivity contribution in [3.05, 3.63) is 29.3 Å². The molecule has 31 heavy (non-hydrogen) atoms. The Labute approximate surface area is 190 Å². The SMILES string of the molecule is CC(CCCCCC[N+](C)(C)C)Sc1cccc2c1CN(C1CCC(=O)NC1=O)C2=O. The van der Waals surface area contributed by atoms with Crippen LogP contribution in [-0.4, -0.2) is 66.1 Å². The Morgan fingerprint density at radius 3 is 2.58 bits per heavy atom. The van der Waals surface area contributed by atoms with E-state index in [0.29, 0.717) is 23.8 Å². The highest BCUT2D eigenvalue weighted by Crippen LogP contribution is 2.37. The summed E-state index contributed by atoms with van der Waals surface area (Å²) in [7, 11) is 6.72. The maximum absolute atomic E-state index is 13.0. The van der Waals surface area contributed by atoms with E-state index in [0.717, 1.165) is 21.4 Å². The van der Waals surface area contributed by atoms with Crippen LogP contribution in [0.4, 0.5) is 0 Å². The number of quaternary nitrogens is 1. The molecule has 0 aromatic heterocycles. The first-order chi connectivity index (χ1) is 14.7. The number of nitrogens with one attached hydrogen (secondary N) is 1. The van der Waals surface area contributed by atoms with Gasteiger partial charge in [-0.1, -0.05) is 25.8 Å². The third-order valence-electron chi connectivity index (χ3n) is 6.06. The third-order valence-corrected chi connectivity index (χ3v) is 7.33. The van der Waals surface area contributed by atoms with Gasteiger partial charge in [-0.2, -0.15) is 0 Å². The summed E-state index contributed by atoms with van der Waals surface area (Å²) < 4.78 is 1.03. The molecule has 170 valence electrons. The van der Waals surface area contributed by atoms with Crippen molar-refractivity contribution in [3.8, 4) is 0 Å². The number of unbranched alkanes of at least 4 members (excludes halogenated alkanes) is 3. The number of thioether (sulfide) groups is 1. The second kappa shape index (κ2) is 10.2. The van der Waals surface area contributed by atoms with E-state index in [1.807, 2.05) is 23.9 Å². The maximum atomic E-state index is 13.0. The van der Waals surface area contributed by atoms with Crippen LogP contribution in [0.1, 0.15) is 67.8 Å². The summed E-state index contributed by atoms with van der Waals surface area (Å²) in [5.74, 6) is -0.713. The fourth-order valence-corrected chi connectivity index (χ4v) is 5.51. The average Bonchev–Trinajstić information content (AvgIpc) is 3.01. The summed E-state index contributed by atoms with van der Waals surface area (Å²) in [6, 6.07) is 5.32. The predicted octanol–water partition coefficient (Wildman–Crippen LogP) is 3.58. The zero-order valence-electron chi connectivity index (χ0n) is 19.3. The van der Waals surface area contributed by atoms with Gasteiger partial charge in [-0.15, -0.1) is 11.8 Å². The molecule has 1 aromatic rings. The van der Waals surface area contributed by atoms with Gasteiger partial charge in [0.15, 0.2) is 0 Å². The first kappa shape index (κ1) is 23.8.